The fourth-order valence-electron chi connectivity index (χ4n) is 11.1. The standard InChI is InChI=1S/C70H102N16O12S/c1-49(2)44-58(68(94)80-55-34-30-52(31-35-55)24-11-8-6-4-5-7-9-14-29-62(88)74-40-41-75-65(91)54-33-37-61(77-45-54)84-79-46-53-25-15-16-28-60(53)99(96,97)98)83-67(93)57(36-32-51-22-12-10-13-23-51)81-63(89)47-78-66(92)56(26-17-19-39-76-70(72)73)82-69(95)59-27-21-43-86(59)64(90)48-85(50(3)87)42-20-18-38-71/h10,12-13,15-16,22-23,25,28,30-31,33-35,37,45-46,49,56-59H,4-9,11,14,17-21,24,26-27,29,32,36,38-44,47-48,71H2,1-3H3,(H,74,88)(H,75,91)(H,77,84)(H,78,92)(H,80,94)(H,81,89)(H,82,95)(H,83,93)(H4,72,73,76)(H,96,97,98)/b79-46+/t56-,57-,58-,59-/m0/s1. The molecule has 0 aliphatic carbocycles. The fraction of sp³-hybridized carbons (Fsp3) is 0.514. The first-order valence-electron chi connectivity index (χ1n) is 34.3. The largest absolute Gasteiger partial charge is 0.370 e. The van der Waals surface area contributed by atoms with Crippen LogP contribution in [-0.2, 0) is 61.3 Å². The lowest BCUT2D eigenvalue weighted by atomic mass is 10.0. The maximum absolute atomic E-state index is 14.3. The summed E-state index contributed by atoms with van der Waals surface area (Å²) in [6.45, 7) is 6.36. The Morgan fingerprint density at radius 2 is 1.37 bits per heavy atom. The zero-order valence-electron chi connectivity index (χ0n) is 57.3. The van der Waals surface area contributed by atoms with E-state index < -0.39 is 76.3 Å². The normalized spacial score (nSPS) is 13.7. The highest BCUT2D eigenvalue weighted by Gasteiger charge is 2.37. The number of hydrazone groups is 1. The molecule has 15 N–H and O–H groups in total. The Labute approximate surface area is 581 Å². The van der Waals surface area contributed by atoms with E-state index in [1.807, 2.05) is 68.4 Å². The zero-order chi connectivity index (χ0) is 72.0. The Hall–Kier alpha value is -9.35. The molecule has 1 fully saturated rings. The summed E-state index contributed by atoms with van der Waals surface area (Å²) in [6.07, 6.45) is 15.9. The van der Waals surface area contributed by atoms with E-state index in [9.17, 15) is 56.1 Å². The number of nitrogens with zero attached hydrogens (tertiary/aromatic N) is 5. The summed E-state index contributed by atoms with van der Waals surface area (Å²) < 4.78 is 32.6. The Morgan fingerprint density at radius 1 is 0.697 bits per heavy atom. The van der Waals surface area contributed by atoms with E-state index in [1.165, 1.54) is 59.5 Å². The number of carbonyl (C=O) groups excluding carboxylic acids is 9. The van der Waals surface area contributed by atoms with Gasteiger partial charge in [0.2, 0.25) is 47.3 Å². The molecule has 1 aliphatic rings. The SMILES string of the molecule is CC(=O)N(CCCCN)CC(=O)N1CCC[C@H]1C(=O)N[C@@H](CCCCN=C(N)N)C(=O)NCC(=O)N[C@@H](CCc1ccccc1)C(=O)N[C@@H](CC(C)C)C(=O)Nc1ccc(CCCCCCCCCCC(=O)NCCNC(=O)c2ccc(N/N=C/c3ccccc3S(=O)(=O)O)nc2)cc1. The van der Waals surface area contributed by atoms with Crippen molar-refractivity contribution in [2.75, 3.05) is 63.1 Å². The molecule has 0 bridgehead atoms. The lowest BCUT2D eigenvalue weighted by Gasteiger charge is -2.29. The van der Waals surface area contributed by atoms with Gasteiger partial charge in [-0.3, -0.25) is 58.1 Å². The zero-order valence-corrected chi connectivity index (χ0v) is 58.1. The van der Waals surface area contributed by atoms with Crippen LogP contribution in [0.4, 0.5) is 11.5 Å². The number of amides is 9. The number of hydrogen-bond donors (Lipinski definition) is 12. The number of rotatable bonds is 45. The van der Waals surface area contributed by atoms with Crippen LogP contribution in [0.1, 0.15) is 163 Å². The summed E-state index contributed by atoms with van der Waals surface area (Å²) >= 11 is 0. The highest BCUT2D eigenvalue weighted by atomic mass is 32.2. The van der Waals surface area contributed by atoms with E-state index in [0.717, 1.165) is 68.9 Å². The topological polar surface area (TPSA) is 426 Å². The fourth-order valence-corrected chi connectivity index (χ4v) is 11.8. The van der Waals surface area contributed by atoms with E-state index >= 15 is 0 Å². The van der Waals surface area contributed by atoms with Crippen molar-refractivity contribution in [2.24, 2.45) is 33.2 Å². The van der Waals surface area contributed by atoms with Crippen LogP contribution in [-0.4, -0.2) is 170 Å². The Bertz CT molecular complexity index is 3410. The summed E-state index contributed by atoms with van der Waals surface area (Å²) in [4.78, 5) is 132. The van der Waals surface area contributed by atoms with Gasteiger partial charge < -0.3 is 64.2 Å². The average Bonchev–Trinajstić information content (AvgIpc) is 1.65. The number of nitrogens with two attached hydrogens (primary N) is 3. The van der Waals surface area contributed by atoms with Gasteiger partial charge in [-0.05, 0) is 137 Å². The predicted molar refractivity (Wildman–Crippen MR) is 380 cm³/mol. The van der Waals surface area contributed by atoms with Gasteiger partial charge in [-0.2, -0.15) is 13.5 Å². The van der Waals surface area contributed by atoms with Gasteiger partial charge >= 0.3 is 0 Å². The smallest absolute Gasteiger partial charge is 0.295 e. The molecule has 5 rings (SSSR count). The van der Waals surface area contributed by atoms with Crippen LogP contribution < -0.4 is 59.8 Å². The minimum atomic E-state index is -4.43. The number of benzene rings is 3. The molecule has 0 saturated carbocycles. The number of likely N-dealkylation sites (tertiary alicyclic amines) is 1. The first kappa shape index (κ1) is 80.3. The summed E-state index contributed by atoms with van der Waals surface area (Å²) in [7, 11) is -4.43. The van der Waals surface area contributed by atoms with Crippen molar-refractivity contribution in [1.82, 2.24) is 46.7 Å². The highest BCUT2D eigenvalue weighted by molar-refractivity contribution is 7.86. The monoisotopic (exact) mass is 1390 g/mol. The first-order valence-corrected chi connectivity index (χ1v) is 35.7. The number of guanidine groups is 1. The third-order valence-electron chi connectivity index (χ3n) is 16.5. The molecule has 28 nitrogen and oxygen atoms in total. The number of unbranched alkanes of at least 4 members (excludes halogenated alkanes) is 9. The number of pyridine rings is 1. The molecule has 4 atom stereocenters. The maximum atomic E-state index is 14.3. The van der Waals surface area contributed by atoms with Crippen molar-refractivity contribution in [1.29, 1.82) is 0 Å². The summed E-state index contributed by atoms with van der Waals surface area (Å²) in [5.74, 6) is -3.83. The minimum Gasteiger partial charge on any atom is -0.370 e. The van der Waals surface area contributed by atoms with E-state index in [1.54, 1.807) is 6.07 Å². The van der Waals surface area contributed by atoms with Crippen molar-refractivity contribution in [2.45, 2.75) is 178 Å². The molecule has 1 aromatic heterocycles. The molecule has 99 heavy (non-hydrogen) atoms. The van der Waals surface area contributed by atoms with Gasteiger partial charge in [-0.15, -0.1) is 0 Å². The van der Waals surface area contributed by atoms with Crippen LogP contribution in [0, 0.1) is 5.92 Å². The highest BCUT2D eigenvalue weighted by Crippen LogP contribution is 2.21. The maximum Gasteiger partial charge on any atom is 0.295 e. The molecular formula is C70H102N16O12S. The van der Waals surface area contributed by atoms with Gasteiger partial charge in [0, 0.05) is 63.5 Å². The number of aryl methyl sites for hydroxylation is 2. The lowest BCUT2D eigenvalue weighted by Crippen LogP contribution is -2.56. The molecule has 540 valence electrons. The lowest BCUT2D eigenvalue weighted by molar-refractivity contribution is -0.143. The Kier molecular flexibility index (Phi) is 35.6. The molecule has 3 aromatic carbocycles. The molecule has 1 aliphatic heterocycles. The third-order valence-corrected chi connectivity index (χ3v) is 17.4. The van der Waals surface area contributed by atoms with Crippen molar-refractivity contribution < 1.29 is 56.1 Å². The van der Waals surface area contributed by atoms with Crippen LogP contribution in [0.3, 0.4) is 0 Å². The van der Waals surface area contributed by atoms with Crippen LogP contribution in [0.2, 0.25) is 0 Å². The van der Waals surface area contributed by atoms with E-state index in [-0.39, 0.29) is 79.1 Å². The van der Waals surface area contributed by atoms with Gasteiger partial charge in [0.05, 0.1) is 24.9 Å². The number of carbonyl (C=O) groups is 9. The van der Waals surface area contributed by atoms with E-state index in [2.05, 4.69) is 57.7 Å². The van der Waals surface area contributed by atoms with Crippen LogP contribution >= 0.6 is 0 Å². The number of aliphatic imine (C=N–C) groups is 1. The van der Waals surface area contributed by atoms with Gasteiger partial charge in [0.25, 0.3) is 16.0 Å². The van der Waals surface area contributed by atoms with Crippen LogP contribution in [0.5, 0.6) is 0 Å². The number of hydrogen-bond acceptors (Lipinski definition) is 16. The molecule has 2 heterocycles. The Balaban J connectivity index is 1.01. The second-order valence-corrected chi connectivity index (χ2v) is 26.4. The molecule has 0 unspecified atom stereocenters. The second-order valence-electron chi connectivity index (χ2n) is 25.0. The summed E-state index contributed by atoms with van der Waals surface area (Å²) in [5, 5.41) is 23.6. The summed E-state index contributed by atoms with van der Waals surface area (Å²) in [5.41, 5.74) is 22.4. The van der Waals surface area contributed by atoms with Crippen molar-refractivity contribution in [3.05, 3.63) is 119 Å². The van der Waals surface area contributed by atoms with Gasteiger partial charge in [0.15, 0.2) is 5.96 Å². The summed E-state index contributed by atoms with van der Waals surface area (Å²) in [6, 6.07) is 21.8. The van der Waals surface area contributed by atoms with Crippen LogP contribution in [0.15, 0.2) is 112 Å². The first-order chi connectivity index (χ1) is 47.5. The second kappa shape index (κ2) is 43.8. The van der Waals surface area contributed by atoms with Gasteiger partial charge in [-0.25, -0.2) is 4.98 Å². The Morgan fingerprint density at radius 3 is 2.05 bits per heavy atom. The molecular weight excluding hydrogens is 1290 g/mol. The molecule has 0 spiro atoms. The predicted octanol–water partition coefficient (Wildman–Crippen LogP) is 4.58. The molecule has 9 amide bonds. The quantitative estimate of drug-likeness (QED) is 0.00947. The number of anilines is 2. The van der Waals surface area contributed by atoms with Crippen molar-refractivity contribution in [3.63, 3.8) is 0 Å². The van der Waals surface area contributed by atoms with E-state index in [4.69, 9.17) is 17.2 Å². The number of nitrogens with one attached hydrogen (secondary N) is 8. The van der Waals surface area contributed by atoms with Gasteiger partial charge in [0.1, 0.15) is 34.9 Å². The molecule has 4 aromatic rings. The molecule has 1 saturated heterocycles. The van der Waals surface area contributed by atoms with Crippen LogP contribution in [0.25, 0.3) is 0 Å². The van der Waals surface area contributed by atoms with Gasteiger partial charge in [-0.1, -0.05) is 113 Å². The third kappa shape index (κ3) is 30.9. The minimum absolute atomic E-state index is 0.00117. The molecule has 0 radical (unpaired) electrons. The van der Waals surface area contributed by atoms with Crippen molar-refractivity contribution >= 4 is 87.0 Å². The average molecular weight is 1390 g/mol. The molecule has 29 heteroatoms. The van der Waals surface area contributed by atoms with E-state index in [0.29, 0.717) is 94.5 Å². The number of aromatic nitrogens is 1. The van der Waals surface area contributed by atoms with Crippen molar-refractivity contribution in [3.8, 4) is 0 Å².